The van der Waals surface area contributed by atoms with Gasteiger partial charge in [-0.05, 0) is 38.6 Å². The van der Waals surface area contributed by atoms with Crippen molar-refractivity contribution in [1.29, 1.82) is 0 Å². The summed E-state index contributed by atoms with van der Waals surface area (Å²) in [4.78, 5) is 4.35. The van der Waals surface area contributed by atoms with Gasteiger partial charge in [0.1, 0.15) is 5.82 Å². The van der Waals surface area contributed by atoms with Gasteiger partial charge in [-0.1, -0.05) is 6.42 Å². The first-order valence-electron chi connectivity index (χ1n) is 6.55. The van der Waals surface area contributed by atoms with Crippen LogP contribution < -0.4 is 5.32 Å². The molecule has 1 heterocycles. The molecule has 17 heavy (non-hydrogen) atoms. The van der Waals surface area contributed by atoms with E-state index in [2.05, 4.69) is 17.2 Å². The van der Waals surface area contributed by atoms with E-state index in [9.17, 15) is 5.11 Å². The largest absolute Gasteiger partial charge is 0.393 e. The zero-order valence-corrected chi connectivity index (χ0v) is 10.8. The molecular weight excluding hydrogens is 214 g/mol. The molecule has 2 rings (SSSR count). The Bertz CT molecular complexity index is 350. The summed E-state index contributed by atoms with van der Waals surface area (Å²) < 4.78 is 2.05. The van der Waals surface area contributed by atoms with E-state index in [1.807, 2.05) is 24.0 Å². The molecule has 1 aromatic heterocycles. The average Bonchev–Trinajstić information content (AvgIpc) is 2.72. The van der Waals surface area contributed by atoms with Crippen LogP contribution >= 0.6 is 0 Å². The minimum absolute atomic E-state index is 0.0842. The molecule has 3 unspecified atom stereocenters. The summed E-state index contributed by atoms with van der Waals surface area (Å²) >= 11 is 0. The lowest BCUT2D eigenvalue weighted by atomic mass is 9.87. The van der Waals surface area contributed by atoms with Gasteiger partial charge in [-0.2, -0.15) is 0 Å². The number of hydrogen-bond donors (Lipinski definition) is 2. The van der Waals surface area contributed by atoms with Gasteiger partial charge in [0.25, 0.3) is 0 Å². The predicted molar refractivity (Wildman–Crippen MR) is 67.6 cm³/mol. The number of imidazole rings is 1. The molecule has 1 aliphatic rings. The fourth-order valence-corrected chi connectivity index (χ4v) is 2.68. The molecule has 1 aromatic rings. The van der Waals surface area contributed by atoms with E-state index in [4.69, 9.17) is 0 Å². The smallest absolute Gasteiger partial charge is 0.125 e. The van der Waals surface area contributed by atoms with Crippen LogP contribution in [-0.4, -0.2) is 27.3 Å². The van der Waals surface area contributed by atoms with Crippen LogP contribution in [0.5, 0.6) is 0 Å². The van der Waals surface area contributed by atoms with Crippen molar-refractivity contribution in [3.8, 4) is 0 Å². The van der Waals surface area contributed by atoms with Crippen molar-refractivity contribution in [2.45, 2.75) is 44.8 Å². The third-order valence-electron chi connectivity index (χ3n) is 3.71. The third-order valence-corrected chi connectivity index (χ3v) is 3.71. The summed E-state index contributed by atoms with van der Waals surface area (Å²) in [5.41, 5.74) is 0. The van der Waals surface area contributed by atoms with E-state index in [0.29, 0.717) is 5.92 Å². The van der Waals surface area contributed by atoms with Crippen molar-refractivity contribution in [3.63, 3.8) is 0 Å². The van der Waals surface area contributed by atoms with Gasteiger partial charge in [0.15, 0.2) is 0 Å². The minimum Gasteiger partial charge on any atom is -0.393 e. The first-order chi connectivity index (χ1) is 8.16. The molecule has 0 saturated heterocycles. The van der Waals surface area contributed by atoms with E-state index in [0.717, 1.165) is 31.6 Å². The van der Waals surface area contributed by atoms with Crippen LogP contribution in [0.3, 0.4) is 0 Å². The number of rotatable bonds is 4. The molecule has 4 nitrogen and oxygen atoms in total. The van der Waals surface area contributed by atoms with Crippen molar-refractivity contribution >= 4 is 0 Å². The summed E-state index contributed by atoms with van der Waals surface area (Å²) in [7, 11) is 2.02. The van der Waals surface area contributed by atoms with Crippen LogP contribution in [0.1, 0.15) is 44.5 Å². The Morgan fingerprint density at radius 1 is 1.59 bits per heavy atom. The van der Waals surface area contributed by atoms with Gasteiger partial charge in [-0.3, -0.25) is 0 Å². The summed E-state index contributed by atoms with van der Waals surface area (Å²) in [5.74, 6) is 1.68. The van der Waals surface area contributed by atoms with E-state index in [-0.39, 0.29) is 12.1 Å². The van der Waals surface area contributed by atoms with Crippen LogP contribution in [0.15, 0.2) is 12.4 Å². The molecule has 0 aromatic carbocycles. The molecule has 1 aliphatic carbocycles. The van der Waals surface area contributed by atoms with Crippen LogP contribution in [0.25, 0.3) is 0 Å². The number of nitrogens with one attached hydrogen (secondary N) is 1. The van der Waals surface area contributed by atoms with Crippen molar-refractivity contribution in [1.82, 2.24) is 14.9 Å². The lowest BCUT2D eigenvalue weighted by molar-refractivity contribution is 0.0997. The van der Waals surface area contributed by atoms with Crippen LogP contribution in [0.2, 0.25) is 0 Å². The summed E-state index contributed by atoms with van der Waals surface area (Å²) in [6.45, 7) is 3.12. The lowest BCUT2D eigenvalue weighted by Gasteiger charge is -2.27. The van der Waals surface area contributed by atoms with E-state index < -0.39 is 0 Å². The average molecular weight is 237 g/mol. The van der Waals surface area contributed by atoms with Gasteiger partial charge in [-0.25, -0.2) is 4.98 Å². The monoisotopic (exact) mass is 237 g/mol. The Labute approximate surface area is 103 Å². The predicted octanol–water partition coefficient (Wildman–Crippen LogP) is 1.62. The molecular formula is C13H23N3O. The Balaban J connectivity index is 1.80. The fraction of sp³-hybridized carbons (Fsp3) is 0.769. The highest BCUT2D eigenvalue weighted by atomic mass is 16.3. The standard InChI is InChI=1S/C13H23N3O/c1-10(13-14-6-7-16(13)2)15-9-11-4-3-5-12(17)8-11/h6-7,10-12,15,17H,3-5,8-9H2,1-2H3. The molecule has 0 amide bonds. The molecule has 4 heteroatoms. The second-order valence-corrected chi connectivity index (χ2v) is 5.21. The number of aliphatic hydroxyl groups is 1. The van der Waals surface area contributed by atoms with Crippen molar-refractivity contribution < 1.29 is 5.11 Å². The van der Waals surface area contributed by atoms with Crippen molar-refractivity contribution in [2.75, 3.05) is 6.54 Å². The van der Waals surface area contributed by atoms with Gasteiger partial charge in [0.2, 0.25) is 0 Å². The molecule has 2 N–H and O–H groups in total. The van der Waals surface area contributed by atoms with Gasteiger partial charge in [0, 0.05) is 19.4 Å². The van der Waals surface area contributed by atoms with Gasteiger partial charge in [0.05, 0.1) is 12.1 Å². The number of aromatic nitrogens is 2. The summed E-state index contributed by atoms with van der Waals surface area (Å²) in [5, 5.41) is 13.2. The molecule has 0 aliphatic heterocycles. The molecule has 1 fully saturated rings. The van der Waals surface area contributed by atoms with Crippen molar-refractivity contribution in [2.24, 2.45) is 13.0 Å². The highest BCUT2D eigenvalue weighted by Crippen LogP contribution is 2.24. The van der Waals surface area contributed by atoms with Crippen LogP contribution in [0.4, 0.5) is 0 Å². The number of hydrogen-bond acceptors (Lipinski definition) is 3. The maximum atomic E-state index is 9.63. The van der Waals surface area contributed by atoms with Crippen LogP contribution in [0, 0.1) is 5.92 Å². The fourth-order valence-electron chi connectivity index (χ4n) is 2.68. The summed E-state index contributed by atoms with van der Waals surface area (Å²) in [6, 6.07) is 0.272. The Morgan fingerprint density at radius 3 is 3.06 bits per heavy atom. The summed E-state index contributed by atoms with van der Waals surface area (Å²) in [6.07, 6.45) is 8.03. The van der Waals surface area contributed by atoms with Gasteiger partial charge < -0.3 is 15.0 Å². The molecule has 96 valence electrons. The molecule has 0 bridgehead atoms. The van der Waals surface area contributed by atoms with E-state index in [1.165, 1.54) is 6.42 Å². The zero-order chi connectivity index (χ0) is 12.3. The molecule has 0 spiro atoms. The SMILES string of the molecule is CC(NCC1CCCC(O)C1)c1nccn1C. The highest BCUT2D eigenvalue weighted by Gasteiger charge is 2.21. The van der Waals surface area contributed by atoms with E-state index in [1.54, 1.807) is 0 Å². The zero-order valence-electron chi connectivity index (χ0n) is 10.8. The maximum absolute atomic E-state index is 9.63. The Kier molecular flexibility index (Phi) is 4.18. The second-order valence-electron chi connectivity index (χ2n) is 5.21. The first kappa shape index (κ1) is 12.6. The number of nitrogens with zero attached hydrogens (tertiary/aromatic N) is 2. The molecule has 1 saturated carbocycles. The molecule has 3 atom stereocenters. The first-order valence-corrected chi connectivity index (χ1v) is 6.55. The normalized spacial score (nSPS) is 27.0. The maximum Gasteiger partial charge on any atom is 0.125 e. The Morgan fingerprint density at radius 2 is 2.41 bits per heavy atom. The minimum atomic E-state index is -0.0842. The van der Waals surface area contributed by atoms with Gasteiger partial charge in [-0.15, -0.1) is 0 Å². The quantitative estimate of drug-likeness (QED) is 0.836. The van der Waals surface area contributed by atoms with Gasteiger partial charge >= 0.3 is 0 Å². The second kappa shape index (κ2) is 5.65. The topological polar surface area (TPSA) is 50.1 Å². The lowest BCUT2D eigenvalue weighted by Crippen LogP contribution is -2.31. The number of aryl methyl sites for hydroxylation is 1. The van der Waals surface area contributed by atoms with E-state index >= 15 is 0 Å². The molecule has 0 radical (unpaired) electrons. The highest BCUT2D eigenvalue weighted by molar-refractivity contribution is 4.97. The van der Waals surface area contributed by atoms with Crippen LogP contribution in [-0.2, 0) is 7.05 Å². The van der Waals surface area contributed by atoms with Crippen molar-refractivity contribution in [3.05, 3.63) is 18.2 Å². The number of aliphatic hydroxyl groups excluding tert-OH is 1. The Hall–Kier alpha value is -0.870. The third kappa shape index (κ3) is 3.30.